The lowest BCUT2D eigenvalue weighted by Crippen LogP contribution is -2.08. The zero-order valence-corrected chi connectivity index (χ0v) is 12.3. The van der Waals surface area contributed by atoms with Gasteiger partial charge in [-0.2, -0.15) is 0 Å². The van der Waals surface area contributed by atoms with Crippen molar-refractivity contribution in [3.8, 4) is 11.5 Å². The summed E-state index contributed by atoms with van der Waals surface area (Å²) in [6.45, 7) is 0.815. The lowest BCUT2D eigenvalue weighted by atomic mass is 10.0. The van der Waals surface area contributed by atoms with Crippen LogP contribution in [0.15, 0.2) is 29.6 Å². The van der Waals surface area contributed by atoms with Crippen molar-refractivity contribution in [2.24, 2.45) is 0 Å². The molecular weight excluding hydrogens is 280 g/mol. The van der Waals surface area contributed by atoms with Gasteiger partial charge in [-0.3, -0.25) is 0 Å². The van der Waals surface area contributed by atoms with Crippen molar-refractivity contribution in [2.75, 3.05) is 13.7 Å². The summed E-state index contributed by atoms with van der Waals surface area (Å²) in [6.07, 6.45) is 2.14. The molecule has 2 heterocycles. The topological polar surface area (TPSA) is 18.5 Å². The number of alkyl halides is 1. The number of rotatable bonds is 3. The molecule has 1 unspecified atom stereocenters. The van der Waals surface area contributed by atoms with E-state index in [-0.39, 0.29) is 5.38 Å². The molecule has 2 nitrogen and oxygen atoms in total. The third-order valence-corrected chi connectivity index (χ3v) is 4.90. The molecule has 1 aromatic carbocycles. The molecule has 0 bridgehead atoms. The average Bonchev–Trinajstić information content (AvgIpc) is 2.94. The number of methoxy groups -OCH3 is 1. The molecule has 3 rings (SSSR count). The van der Waals surface area contributed by atoms with Crippen LogP contribution >= 0.6 is 22.9 Å². The van der Waals surface area contributed by atoms with Gasteiger partial charge >= 0.3 is 0 Å². The van der Waals surface area contributed by atoms with Crippen molar-refractivity contribution in [1.82, 2.24) is 0 Å². The van der Waals surface area contributed by atoms with Crippen molar-refractivity contribution < 1.29 is 9.47 Å². The second-order valence-corrected chi connectivity index (χ2v) is 5.92. The normalized spacial score (nSPS) is 15.5. The highest BCUT2D eigenvalue weighted by Crippen LogP contribution is 2.40. The highest BCUT2D eigenvalue weighted by molar-refractivity contribution is 7.10. The Balaban J connectivity index is 1.93. The van der Waals surface area contributed by atoms with Crippen LogP contribution in [0.25, 0.3) is 0 Å². The molecule has 100 valence electrons. The Kier molecular flexibility index (Phi) is 3.67. The second kappa shape index (κ2) is 5.43. The monoisotopic (exact) mass is 294 g/mol. The number of thiophene rings is 1. The van der Waals surface area contributed by atoms with E-state index in [2.05, 4.69) is 6.07 Å². The van der Waals surface area contributed by atoms with E-state index >= 15 is 0 Å². The van der Waals surface area contributed by atoms with Crippen LogP contribution in [-0.4, -0.2) is 13.7 Å². The molecule has 4 heteroatoms. The summed E-state index contributed by atoms with van der Waals surface area (Å²) in [7, 11) is 1.68. The van der Waals surface area contributed by atoms with Crippen LogP contribution in [0.1, 0.15) is 27.8 Å². The van der Waals surface area contributed by atoms with Crippen molar-refractivity contribution in [1.29, 1.82) is 0 Å². The Hall–Kier alpha value is -1.19. The van der Waals surface area contributed by atoms with Crippen molar-refractivity contribution in [3.05, 3.63) is 45.6 Å². The second-order valence-electron chi connectivity index (χ2n) is 4.53. The maximum atomic E-state index is 6.59. The molecule has 1 atom stereocenters. The lowest BCUT2D eigenvalue weighted by Gasteiger charge is -2.19. The number of halogens is 1. The summed E-state index contributed by atoms with van der Waals surface area (Å²) < 4.78 is 11.0. The van der Waals surface area contributed by atoms with Crippen LogP contribution in [0.5, 0.6) is 11.5 Å². The van der Waals surface area contributed by atoms with Gasteiger partial charge < -0.3 is 9.47 Å². The standard InChI is InChI=1S/C15H15ClO2S/c1-17-13-6-8-19-15(13)14(16)11-4-5-12-10(9-11)3-2-7-18-12/h4-6,8-9,14H,2-3,7H2,1H3. The van der Waals surface area contributed by atoms with Crippen LogP contribution in [0, 0.1) is 0 Å². The van der Waals surface area contributed by atoms with Gasteiger partial charge in [-0.25, -0.2) is 0 Å². The van der Waals surface area contributed by atoms with Crippen molar-refractivity contribution in [2.45, 2.75) is 18.2 Å². The van der Waals surface area contributed by atoms with Crippen LogP contribution in [0.3, 0.4) is 0 Å². The quantitative estimate of drug-likeness (QED) is 0.781. The molecule has 0 spiro atoms. The number of hydrogen-bond acceptors (Lipinski definition) is 3. The van der Waals surface area contributed by atoms with E-state index in [0.29, 0.717) is 0 Å². The van der Waals surface area contributed by atoms with E-state index in [1.807, 2.05) is 23.6 Å². The van der Waals surface area contributed by atoms with E-state index in [4.69, 9.17) is 21.1 Å². The molecule has 0 fully saturated rings. The van der Waals surface area contributed by atoms with Gasteiger partial charge in [-0.05, 0) is 41.5 Å². The van der Waals surface area contributed by atoms with Crippen LogP contribution < -0.4 is 9.47 Å². The first-order valence-electron chi connectivity index (χ1n) is 6.30. The van der Waals surface area contributed by atoms with Crippen LogP contribution in [0.4, 0.5) is 0 Å². The SMILES string of the molecule is COc1ccsc1C(Cl)c1ccc2c(c1)CCCO2. The van der Waals surface area contributed by atoms with Gasteiger partial charge in [-0.1, -0.05) is 12.1 Å². The van der Waals surface area contributed by atoms with Gasteiger partial charge in [0.25, 0.3) is 0 Å². The molecule has 1 aliphatic rings. The smallest absolute Gasteiger partial charge is 0.134 e. The molecule has 0 N–H and O–H groups in total. The number of ether oxygens (including phenoxy) is 2. The fraction of sp³-hybridized carbons (Fsp3) is 0.333. The van der Waals surface area contributed by atoms with Gasteiger partial charge in [0.1, 0.15) is 11.5 Å². The zero-order valence-electron chi connectivity index (χ0n) is 10.7. The van der Waals surface area contributed by atoms with E-state index in [1.165, 1.54) is 5.56 Å². The first-order chi connectivity index (χ1) is 9.29. The molecule has 0 saturated carbocycles. The molecular formula is C15H15ClO2S. The van der Waals surface area contributed by atoms with Gasteiger partial charge in [0.2, 0.25) is 0 Å². The Bertz CT molecular complexity index is 579. The molecule has 0 amide bonds. The fourth-order valence-corrected chi connectivity index (χ4v) is 3.61. The van der Waals surface area contributed by atoms with Crippen LogP contribution in [0.2, 0.25) is 0 Å². The summed E-state index contributed by atoms with van der Waals surface area (Å²) in [5.74, 6) is 1.86. The predicted molar refractivity (Wildman–Crippen MR) is 78.8 cm³/mol. The van der Waals surface area contributed by atoms with Crippen LogP contribution in [-0.2, 0) is 6.42 Å². The van der Waals surface area contributed by atoms with Crippen molar-refractivity contribution >= 4 is 22.9 Å². The summed E-state index contributed by atoms with van der Waals surface area (Å²) in [5.41, 5.74) is 2.36. The first-order valence-corrected chi connectivity index (χ1v) is 7.62. The fourth-order valence-electron chi connectivity index (χ4n) is 2.35. The minimum absolute atomic E-state index is 0.165. The summed E-state index contributed by atoms with van der Waals surface area (Å²) in [5, 5.41) is 1.84. The first kappa shape index (κ1) is 12.8. The highest BCUT2D eigenvalue weighted by atomic mass is 35.5. The van der Waals surface area contributed by atoms with Gasteiger partial charge in [0, 0.05) is 0 Å². The minimum Gasteiger partial charge on any atom is -0.496 e. The zero-order chi connectivity index (χ0) is 13.2. The van der Waals surface area contributed by atoms with E-state index in [1.54, 1.807) is 18.4 Å². The minimum atomic E-state index is -0.165. The maximum absolute atomic E-state index is 6.59. The molecule has 0 aliphatic carbocycles. The average molecular weight is 295 g/mol. The molecule has 1 aromatic heterocycles. The van der Waals surface area contributed by atoms with Gasteiger partial charge in [0.15, 0.2) is 0 Å². The number of aryl methyl sites for hydroxylation is 1. The van der Waals surface area contributed by atoms with E-state index in [0.717, 1.165) is 41.4 Å². The third kappa shape index (κ3) is 2.45. The lowest BCUT2D eigenvalue weighted by molar-refractivity contribution is 0.288. The van der Waals surface area contributed by atoms with Crippen molar-refractivity contribution in [3.63, 3.8) is 0 Å². The third-order valence-electron chi connectivity index (χ3n) is 3.33. The summed E-state index contributed by atoms with van der Waals surface area (Å²) in [4.78, 5) is 1.06. The highest BCUT2D eigenvalue weighted by Gasteiger charge is 2.19. The number of fused-ring (bicyclic) bond motifs is 1. The summed E-state index contributed by atoms with van der Waals surface area (Å²) in [6, 6.07) is 8.18. The Morgan fingerprint density at radius 3 is 3.11 bits per heavy atom. The molecule has 0 saturated heterocycles. The maximum Gasteiger partial charge on any atom is 0.134 e. The predicted octanol–water partition coefficient (Wildman–Crippen LogP) is 4.41. The van der Waals surface area contributed by atoms with E-state index in [9.17, 15) is 0 Å². The Morgan fingerprint density at radius 2 is 2.26 bits per heavy atom. The Labute approximate surface area is 121 Å². The molecule has 0 radical (unpaired) electrons. The molecule has 2 aromatic rings. The summed E-state index contributed by atoms with van der Waals surface area (Å²) >= 11 is 8.22. The van der Waals surface area contributed by atoms with Gasteiger partial charge in [-0.15, -0.1) is 22.9 Å². The molecule has 19 heavy (non-hydrogen) atoms. The number of hydrogen-bond donors (Lipinski definition) is 0. The van der Waals surface area contributed by atoms with Gasteiger partial charge in [0.05, 0.1) is 24.0 Å². The number of benzene rings is 1. The molecule has 1 aliphatic heterocycles. The Morgan fingerprint density at radius 1 is 1.37 bits per heavy atom. The van der Waals surface area contributed by atoms with E-state index < -0.39 is 0 Å². The largest absolute Gasteiger partial charge is 0.496 e.